The first-order chi connectivity index (χ1) is 13.1. The van der Waals surface area contributed by atoms with Crippen molar-refractivity contribution in [3.8, 4) is 11.3 Å². The lowest BCUT2D eigenvalue weighted by atomic mass is 10.1. The van der Waals surface area contributed by atoms with Crippen molar-refractivity contribution >= 4 is 48.7 Å². The van der Waals surface area contributed by atoms with Gasteiger partial charge in [-0.25, -0.2) is 16.8 Å². The third-order valence-electron chi connectivity index (χ3n) is 3.66. The van der Waals surface area contributed by atoms with Crippen molar-refractivity contribution in [3.05, 3.63) is 64.6 Å². The average Bonchev–Trinajstić information content (AvgIpc) is 2.63. The molecule has 0 aliphatic rings. The minimum absolute atomic E-state index is 0.0606. The lowest BCUT2D eigenvalue weighted by Crippen LogP contribution is -2.13. The molecule has 0 atom stereocenters. The summed E-state index contributed by atoms with van der Waals surface area (Å²) in [7, 11) is -7.36. The maximum Gasteiger partial charge on any atom is 0.263 e. The van der Waals surface area contributed by atoms with E-state index < -0.39 is 19.9 Å². The van der Waals surface area contributed by atoms with Gasteiger partial charge in [0.1, 0.15) is 4.90 Å². The van der Waals surface area contributed by atoms with E-state index in [2.05, 4.69) is 14.9 Å². The van der Waals surface area contributed by atoms with Crippen molar-refractivity contribution in [1.29, 1.82) is 0 Å². The number of halogens is 2. The predicted octanol–water partition coefficient (Wildman–Crippen LogP) is 3.65. The van der Waals surface area contributed by atoms with Gasteiger partial charge in [0.15, 0.2) is 14.9 Å². The molecular weight excluding hydrogens is 445 g/mol. The molecular formula is C17H13Cl2N3O4S2. The first kappa shape index (κ1) is 20.5. The molecule has 7 nitrogen and oxygen atoms in total. The zero-order chi connectivity index (χ0) is 20.5. The van der Waals surface area contributed by atoms with Crippen molar-refractivity contribution in [2.45, 2.75) is 9.92 Å². The largest absolute Gasteiger partial charge is 0.280 e. The van der Waals surface area contributed by atoms with Crippen molar-refractivity contribution in [2.75, 3.05) is 11.0 Å². The molecule has 146 valence electrons. The Bertz CT molecular complexity index is 1230. The van der Waals surface area contributed by atoms with E-state index in [-0.39, 0.29) is 20.0 Å². The van der Waals surface area contributed by atoms with E-state index >= 15 is 0 Å². The van der Waals surface area contributed by atoms with Crippen molar-refractivity contribution in [1.82, 2.24) is 10.2 Å². The number of nitrogens with one attached hydrogen (secondary N) is 1. The molecule has 1 N–H and O–H groups in total. The first-order valence-corrected chi connectivity index (χ1v) is 11.8. The van der Waals surface area contributed by atoms with E-state index in [0.717, 1.165) is 6.26 Å². The Hall–Kier alpha value is -2.20. The molecule has 3 rings (SSSR count). The number of sulfonamides is 1. The second-order valence-corrected chi connectivity index (χ2v) is 10.2. The highest BCUT2D eigenvalue weighted by Crippen LogP contribution is 2.30. The van der Waals surface area contributed by atoms with Gasteiger partial charge in [0.05, 0.1) is 15.7 Å². The average molecular weight is 458 g/mol. The van der Waals surface area contributed by atoms with Crippen LogP contribution in [0.5, 0.6) is 0 Å². The van der Waals surface area contributed by atoms with Crippen LogP contribution < -0.4 is 4.72 Å². The molecule has 1 aromatic heterocycles. The molecule has 11 heteroatoms. The molecule has 0 saturated carbocycles. The zero-order valence-corrected chi connectivity index (χ0v) is 17.4. The van der Waals surface area contributed by atoms with Crippen LogP contribution in [0.1, 0.15) is 0 Å². The van der Waals surface area contributed by atoms with Crippen molar-refractivity contribution in [3.63, 3.8) is 0 Å². The molecule has 0 unspecified atom stereocenters. The maximum absolute atomic E-state index is 12.5. The molecule has 0 fully saturated rings. The van der Waals surface area contributed by atoms with Gasteiger partial charge in [-0.2, -0.15) is 0 Å². The molecule has 0 bridgehead atoms. The van der Waals surface area contributed by atoms with E-state index in [1.807, 2.05) is 0 Å². The van der Waals surface area contributed by atoms with Crippen molar-refractivity contribution < 1.29 is 16.8 Å². The minimum Gasteiger partial charge on any atom is -0.280 e. The summed E-state index contributed by atoms with van der Waals surface area (Å²) in [6.45, 7) is 0. The van der Waals surface area contributed by atoms with E-state index in [1.165, 1.54) is 42.5 Å². The maximum atomic E-state index is 12.5. The van der Waals surface area contributed by atoms with Gasteiger partial charge in [-0.3, -0.25) is 4.72 Å². The second-order valence-electron chi connectivity index (χ2n) is 5.76. The number of nitrogens with zero attached hydrogens (tertiary/aromatic N) is 2. The zero-order valence-electron chi connectivity index (χ0n) is 14.3. The summed E-state index contributed by atoms with van der Waals surface area (Å²) in [5.41, 5.74) is 1.39. The Balaban J connectivity index is 1.84. The van der Waals surface area contributed by atoms with Gasteiger partial charge in [-0.05, 0) is 36.4 Å². The summed E-state index contributed by atoms with van der Waals surface area (Å²) in [6, 6.07) is 13.5. The molecule has 0 aliphatic heterocycles. The van der Waals surface area contributed by atoms with Crippen LogP contribution in [0.2, 0.25) is 10.0 Å². The normalized spacial score (nSPS) is 12.0. The summed E-state index contributed by atoms with van der Waals surface area (Å²) in [5.74, 6) is 0. The van der Waals surface area contributed by atoms with Gasteiger partial charge in [-0.15, -0.1) is 10.2 Å². The van der Waals surface area contributed by atoms with Crippen LogP contribution in [0.15, 0.2) is 64.5 Å². The number of hydrogen-bond acceptors (Lipinski definition) is 6. The van der Waals surface area contributed by atoms with Gasteiger partial charge in [-0.1, -0.05) is 41.4 Å². The highest BCUT2D eigenvalue weighted by Gasteiger charge is 2.19. The monoisotopic (exact) mass is 457 g/mol. The Labute approximate surface area is 172 Å². The fraction of sp³-hybridized carbons (Fsp3) is 0.0588. The van der Waals surface area contributed by atoms with Gasteiger partial charge in [0, 0.05) is 17.5 Å². The summed E-state index contributed by atoms with van der Waals surface area (Å²) in [5, 5.41) is 7.53. The molecule has 0 amide bonds. The van der Waals surface area contributed by atoms with Gasteiger partial charge in [0.25, 0.3) is 10.0 Å². The Morgan fingerprint density at radius 1 is 0.857 bits per heavy atom. The van der Waals surface area contributed by atoms with Crippen LogP contribution in [-0.2, 0) is 19.9 Å². The molecule has 28 heavy (non-hydrogen) atoms. The highest BCUT2D eigenvalue weighted by molar-refractivity contribution is 7.92. The lowest BCUT2D eigenvalue weighted by Gasteiger charge is -2.10. The number of anilines is 1. The fourth-order valence-electron chi connectivity index (χ4n) is 2.28. The quantitative estimate of drug-likeness (QED) is 0.626. The van der Waals surface area contributed by atoms with E-state index in [0.29, 0.717) is 16.9 Å². The summed E-state index contributed by atoms with van der Waals surface area (Å²) >= 11 is 11.9. The molecule has 1 heterocycles. The summed E-state index contributed by atoms with van der Waals surface area (Å²) < 4.78 is 50.3. The van der Waals surface area contributed by atoms with Crippen LogP contribution in [0.3, 0.4) is 0 Å². The molecule has 2 aromatic carbocycles. The number of hydrogen-bond donors (Lipinski definition) is 1. The summed E-state index contributed by atoms with van der Waals surface area (Å²) in [6.07, 6.45) is 1.05. The third kappa shape index (κ3) is 4.44. The Morgan fingerprint density at radius 2 is 1.54 bits per heavy atom. The van der Waals surface area contributed by atoms with Gasteiger partial charge < -0.3 is 0 Å². The van der Waals surface area contributed by atoms with Gasteiger partial charge >= 0.3 is 0 Å². The van der Waals surface area contributed by atoms with E-state index in [4.69, 9.17) is 23.2 Å². The minimum atomic E-state index is -3.93. The standard InChI is InChI=1S/C17H13Cl2N3O4S2/c1-27(23,24)16-10-9-14(20-21-16)11-5-7-12(8-6-11)22-28(25,26)15-4-2-3-13(18)17(15)19/h2-10,22H,1H3. The van der Waals surface area contributed by atoms with Crippen LogP contribution >= 0.6 is 23.2 Å². The smallest absolute Gasteiger partial charge is 0.263 e. The van der Waals surface area contributed by atoms with Crippen LogP contribution in [0.4, 0.5) is 5.69 Å². The molecule has 3 aromatic rings. The summed E-state index contributed by atoms with van der Waals surface area (Å²) in [4.78, 5) is -0.132. The molecule has 0 saturated heterocycles. The number of sulfone groups is 1. The Morgan fingerprint density at radius 3 is 2.11 bits per heavy atom. The van der Waals surface area contributed by atoms with Crippen LogP contribution in [0, 0.1) is 0 Å². The van der Waals surface area contributed by atoms with Crippen molar-refractivity contribution in [2.24, 2.45) is 0 Å². The fourth-order valence-corrected chi connectivity index (χ4v) is 4.61. The Kier molecular flexibility index (Phi) is 5.62. The second kappa shape index (κ2) is 7.67. The number of rotatable bonds is 5. The van der Waals surface area contributed by atoms with Crippen LogP contribution in [-0.4, -0.2) is 33.3 Å². The van der Waals surface area contributed by atoms with E-state index in [9.17, 15) is 16.8 Å². The van der Waals surface area contributed by atoms with Crippen LogP contribution in [0.25, 0.3) is 11.3 Å². The molecule has 0 spiro atoms. The predicted molar refractivity (Wildman–Crippen MR) is 108 cm³/mol. The third-order valence-corrected chi connectivity index (χ3v) is 6.99. The molecule has 0 aliphatic carbocycles. The van der Waals surface area contributed by atoms with Gasteiger partial charge in [0.2, 0.25) is 0 Å². The lowest BCUT2D eigenvalue weighted by molar-refractivity contribution is 0.595. The topological polar surface area (TPSA) is 106 Å². The van der Waals surface area contributed by atoms with E-state index in [1.54, 1.807) is 12.1 Å². The molecule has 0 radical (unpaired) electrons. The number of benzene rings is 2. The first-order valence-electron chi connectivity index (χ1n) is 7.69. The highest BCUT2D eigenvalue weighted by atomic mass is 35.5. The SMILES string of the molecule is CS(=O)(=O)c1ccc(-c2ccc(NS(=O)(=O)c3cccc(Cl)c3Cl)cc2)nn1. The number of aromatic nitrogens is 2.